The van der Waals surface area contributed by atoms with Gasteiger partial charge in [-0.1, -0.05) is 19.3 Å². The van der Waals surface area contributed by atoms with Crippen LogP contribution in [0, 0.1) is 0 Å². The fourth-order valence-electron chi connectivity index (χ4n) is 6.79. The molecule has 0 aromatic heterocycles. The molecule has 274 valence electrons. The van der Waals surface area contributed by atoms with Crippen molar-refractivity contribution in [1.29, 1.82) is 0 Å². The van der Waals surface area contributed by atoms with Crippen molar-refractivity contribution in [2.45, 2.75) is 189 Å². The van der Waals surface area contributed by atoms with E-state index in [1.807, 2.05) is 0 Å². The van der Waals surface area contributed by atoms with Gasteiger partial charge in [0.2, 0.25) is 0 Å². The van der Waals surface area contributed by atoms with Gasteiger partial charge in [-0.15, -0.1) is 0 Å². The Hall–Kier alpha value is -0.680. The monoisotopic (exact) mass is 684 g/mol. The molecule has 9 N–H and O–H groups in total. The first-order valence-corrected chi connectivity index (χ1v) is 16.6. The highest BCUT2D eigenvalue weighted by molar-refractivity contribution is 4.96. The van der Waals surface area contributed by atoms with Gasteiger partial charge in [0.15, 0.2) is 25.2 Å². The van der Waals surface area contributed by atoms with Crippen molar-refractivity contribution in [2.24, 2.45) is 0 Å². The minimum Gasteiger partial charge on any atom is -0.388 e. The average molecular weight is 685 g/mol. The van der Waals surface area contributed by atoms with Gasteiger partial charge in [-0.25, -0.2) is 0 Å². The molecular formula is C30H52O17. The van der Waals surface area contributed by atoms with E-state index in [0.717, 1.165) is 32.1 Å². The first kappa shape index (κ1) is 37.6. The number of aliphatic hydroxyl groups is 9. The van der Waals surface area contributed by atoms with Crippen molar-refractivity contribution in [3.8, 4) is 0 Å². The Morgan fingerprint density at radius 2 is 0.681 bits per heavy atom. The van der Waals surface area contributed by atoms with Crippen LogP contribution in [0.2, 0.25) is 0 Å². The lowest BCUT2D eigenvalue weighted by molar-refractivity contribution is -0.386. The lowest BCUT2D eigenvalue weighted by Crippen LogP contribution is -2.66. The van der Waals surface area contributed by atoms with Gasteiger partial charge in [0.05, 0.1) is 30.5 Å². The molecule has 5 fully saturated rings. The van der Waals surface area contributed by atoms with Crippen LogP contribution in [0.5, 0.6) is 0 Å². The van der Waals surface area contributed by atoms with E-state index in [1.165, 1.54) is 20.8 Å². The fraction of sp³-hybridized carbons (Fsp3) is 1.00. The van der Waals surface area contributed by atoms with Crippen LogP contribution in [0.3, 0.4) is 0 Å². The Morgan fingerprint density at radius 1 is 0.362 bits per heavy atom. The molecule has 4 heterocycles. The van der Waals surface area contributed by atoms with Crippen molar-refractivity contribution in [3.63, 3.8) is 0 Å². The summed E-state index contributed by atoms with van der Waals surface area (Å²) >= 11 is 0. The summed E-state index contributed by atoms with van der Waals surface area (Å²) in [4.78, 5) is 0. The third-order valence-electron chi connectivity index (χ3n) is 9.91. The summed E-state index contributed by atoms with van der Waals surface area (Å²) in [6.45, 7) is 5.97. The second kappa shape index (κ2) is 15.7. The molecule has 0 amide bonds. The van der Waals surface area contributed by atoms with Gasteiger partial charge in [0.25, 0.3) is 0 Å². The van der Waals surface area contributed by atoms with Crippen LogP contribution >= 0.6 is 0 Å². The molecule has 0 radical (unpaired) electrons. The van der Waals surface area contributed by atoms with E-state index >= 15 is 0 Å². The molecule has 47 heavy (non-hydrogen) atoms. The molecule has 5 rings (SSSR count). The SMILES string of the molecule is C[C@H]1O[C@@H](O[C@@H]2[C@H](O)[C@H](O[C@@H]3[C@H](O)[C@H](O[C@@H]4[C@H](O)[C@H](OC5CCCCC5)O[C@H](C)[C@H]4O)O[C@H](C)[C@H]3O)O[C@H](C)[C@H]2O)[C@@H](O)[C@@H](O)[C@@H]1O. The molecule has 17 heteroatoms. The first-order chi connectivity index (χ1) is 22.2. The third kappa shape index (κ3) is 7.97. The quantitative estimate of drug-likeness (QED) is 0.121. The summed E-state index contributed by atoms with van der Waals surface area (Å²) in [6, 6.07) is 0. The summed E-state index contributed by atoms with van der Waals surface area (Å²) in [7, 11) is 0. The Kier molecular flexibility index (Phi) is 12.5. The Bertz CT molecular complexity index is 988. The molecule has 4 saturated heterocycles. The Labute approximate surface area is 272 Å². The zero-order valence-electron chi connectivity index (χ0n) is 27.0. The summed E-state index contributed by atoms with van der Waals surface area (Å²) in [5.74, 6) is 0. The van der Waals surface area contributed by atoms with Gasteiger partial charge >= 0.3 is 0 Å². The maximum Gasteiger partial charge on any atom is 0.187 e. The summed E-state index contributed by atoms with van der Waals surface area (Å²) in [5.41, 5.74) is 0. The van der Waals surface area contributed by atoms with Crippen LogP contribution < -0.4 is 0 Å². The lowest BCUT2D eigenvalue weighted by Gasteiger charge is -2.49. The maximum absolute atomic E-state index is 11.3. The highest BCUT2D eigenvalue weighted by Gasteiger charge is 2.54. The summed E-state index contributed by atoms with van der Waals surface area (Å²) in [5, 5.41) is 96.8. The van der Waals surface area contributed by atoms with E-state index in [2.05, 4.69) is 0 Å². The molecule has 4 aliphatic heterocycles. The summed E-state index contributed by atoms with van der Waals surface area (Å²) < 4.78 is 46.1. The second-order valence-corrected chi connectivity index (χ2v) is 13.5. The predicted molar refractivity (Wildman–Crippen MR) is 154 cm³/mol. The zero-order valence-corrected chi connectivity index (χ0v) is 27.0. The molecule has 0 unspecified atom stereocenters. The number of hydrogen-bond acceptors (Lipinski definition) is 17. The van der Waals surface area contributed by atoms with Gasteiger partial charge in [-0.2, -0.15) is 0 Å². The lowest BCUT2D eigenvalue weighted by atomic mass is 9.95. The largest absolute Gasteiger partial charge is 0.388 e. The van der Waals surface area contributed by atoms with E-state index < -0.39 is 123 Å². The topological polar surface area (TPSA) is 256 Å². The molecule has 0 spiro atoms. The first-order valence-electron chi connectivity index (χ1n) is 16.6. The second-order valence-electron chi connectivity index (χ2n) is 13.5. The van der Waals surface area contributed by atoms with Crippen molar-refractivity contribution >= 4 is 0 Å². The van der Waals surface area contributed by atoms with E-state index in [9.17, 15) is 46.0 Å². The standard InChI is InChI=1S/C30H52O17/c1-10-15(31)19(35)20(36)27(40-10)45-25-17(33)12(3)42-29(22(25)38)47-26-18(34)13(4)43-30(23(26)39)46-24-16(32)11(2)41-28(21(24)37)44-14-8-6-5-7-9-14/h10-39H,5-9H2,1-4H3/t10-,11-,12-,13-,15-,16-,17-,18-,19+,20+,21+,22+,23+,24+,25+,26+,27+,28+,29+,30+/m1/s1. The smallest absolute Gasteiger partial charge is 0.187 e. The number of hydrogen-bond donors (Lipinski definition) is 9. The highest BCUT2D eigenvalue weighted by Crippen LogP contribution is 2.35. The van der Waals surface area contributed by atoms with Crippen LogP contribution in [0.4, 0.5) is 0 Å². The van der Waals surface area contributed by atoms with Crippen molar-refractivity contribution in [2.75, 3.05) is 0 Å². The average Bonchev–Trinajstić information content (AvgIpc) is 3.04. The van der Waals surface area contributed by atoms with Gasteiger partial charge in [0.1, 0.15) is 73.2 Å². The van der Waals surface area contributed by atoms with Crippen molar-refractivity contribution < 1.29 is 83.9 Å². The molecule has 5 aliphatic rings. The van der Waals surface area contributed by atoms with Gasteiger partial charge in [0, 0.05) is 0 Å². The normalized spacial score (nSPS) is 53.6. The highest BCUT2D eigenvalue weighted by atomic mass is 16.8. The summed E-state index contributed by atoms with van der Waals surface area (Å²) in [6.07, 6.45) is -23.4. The third-order valence-corrected chi connectivity index (χ3v) is 9.91. The number of rotatable bonds is 8. The fourth-order valence-corrected chi connectivity index (χ4v) is 6.79. The van der Waals surface area contributed by atoms with Crippen molar-refractivity contribution in [3.05, 3.63) is 0 Å². The Balaban J connectivity index is 1.27. The van der Waals surface area contributed by atoms with E-state index in [1.54, 1.807) is 6.92 Å². The van der Waals surface area contributed by atoms with Crippen LogP contribution in [0.1, 0.15) is 59.8 Å². The minimum absolute atomic E-state index is 0.125. The van der Waals surface area contributed by atoms with E-state index in [0.29, 0.717) is 0 Å². The number of aliphatic hydroxyl groups excluding tert-OH is 9. The number of ether oxygens (including phenoxy) is 8. The van der Waals surface area contributed by atoms with Gasteiger partial charge in [-0.3, -0.25) is 0 Å². The molecule has 20 atom stereocenters. The van der Waals surface area contributed by atoms with Crippen LogP contribution in [0.15, 0.2) is 0 Å². The van der Waals surface area contributed by atoms with Crippen LogP contribution in [-0.4, -0.2) is 175 Å². The molecule has 0 aromatic rings. The molecule has 17 nitrogen and oxygen atoms in total. The molecule has 1 saturated carbocycles. The zero-order chi connectivity index (χ0) is 34.3. The molecular weight excluding hydrogens is 632 g/mol. The molecule has 0 aromatic carbocycles. The predicted octanol–water partition coefficient (Wildman–Crippen LogP) is -3.28. The van der Waals surface area contributed by atoms with E-state index in [4.69, 9.17) is 37.9 Å². The van der Waals surface area contributed by atoms with Crippen LogP contribution in [-0.2, 0) is 37.9 Å². The maximum atomic E-state index is 11.3. The molecule has 0 bridgehead atoms. The Morgan fingerprint density at radius 3 is 1.06 bits per heavy atom. The molecule has 1 aliphatic carbocycles. The van der Waals surface area contributed by atoms with Gasteiger partial charge in [-0.05, 0) is 40.5 Å². The minimum atomic E-state index is -1.77. The van der Waals surface area contributed by atoms with E-state index in [-0.39, 0.29) is 6.10 Å². The van der Waals surface area contributed by atoms with Crippen LogP contribution in [0.25, 0.3) is 0 Å². The van der Waals surface area contributed by atoms with Gasteiger partial charge < -0.3 is 83.9 Å². The van der Waals surface area contributed by atoms with Crippen molar-refractivity contribution in [1.82, 2.24) is 0 Å².